The molecule has 40 heavy (non-hydrogen) atoms. The van der Waals surface area contributed by atoms with E-state index in [1.54, 1.807) is 16.2 Å². The largest absolute Gasteiger partial charge is 0.419 e. The van der Waals surface area contributed by atoms with Crippen molar-refractivity contribution in [3.8, 4) is 11.3 Å². The molecular weight excluding hydrogens is 536 g/mol. The Morgan fingerprint density at radius 1 is 1.02 bits per heavy atom. The lowest BCUT2D eigenvalue weighted by atomic mass is 9.63. The molecule has 3 nitrogen and oxygen atoms in total. The minimum atomic E-state index is -4.79. The lowest BCUT2D eigenvalue weighted by Gasteiger charge is -2.42. The van der Waals surface area contributed by atoms with Crippen LogP contribution in [0.1, 0.15) is 86.6 Å². The summed E-state index contributed by atoms with van der Waals surface area (Å²) in [7, 11) is 0. The topological polar surface area (TPSA) is 33.2 Å². The van der Waals surface area contributed by atoms with Crippen LogP contribution in [0.15, 0.2) is 47.9 Å². The van der Waals surface area contributed by atoms with Crippen LogP contribution < -0.4 is 0 Å². The maximum atomic E-state index is 14.3. The SMILES string of the molecule is CC1(C)CCC(C)(C)c2cc(-c3csc(C4CCN(C(=O)C=Cc5cccc(C(F)(F)F)c5F)CC4)n3)ccc21. The third-order valence-corrected chi connectivity index (χ3v) is 9.57. The smallest absolute Gasteiger partial charge is 0.339 e. The number of nitrogens with zero attached hydrogens (tertiary/aromatic N) is 2. The molecule has 2 aliphatic rings. The molecule has 3 aromatic rings. The second kappa shape index (κ2) is 10.4. The molecule has 0 unspecified atom stereocenters. The first kappa shape index (κ1) is 28.5. The zero-order valence-electron chi connectivity index (χ0n) is 23.2. The summed E-state index contributed by atoms with van der Waals surface area (Å²) in [6.45, 7) is 10.3. The number of aromatic nitrogens is 1. The van der Waals surface area contributed by atoms with Crippen LogP contribution in [0, 0.1) is 5.82 Å². The van der Waals surface area contributed by atoms with Crippen molar-refractivity contribution in [3.05, 3.63) is 80.9 Å². The Bertz CT molecular complexity index is 1450. The minimum Gasteiger partial charge on any atom is -0.339 e. The summed E-state index contributed by atoms with van der Waals surface area (Å²) in [4.78, 5) is 19.3. The highest BCUT2D eigenvalue weighted by molar-refractivity contribution is 7.10. The number of halogens is 4. The molecular formula is C32H34F4N2OS. The third kappa shape index (κ3) is 5.60. The summed E-state index contributed by atoms with van der Waals surface area (Å²) in [5.74, 6) is -1.47. The fourth-order valence-electron chi connectivity index (χ4n) is 5.87. The summed E-state index contributed by atoms with van der Waals surface area (Å²) in [5.41, 5.74) is 3.62. The number of thiazole rings is 1. The van der Waals surface area contributed by atoms with Crippen molar-refractivity contribution >= 4 is 23.3 Å². The van der Waals surface area contributed by atoms with Crippen LogP contribution in [0.2, 0.25) is 0 Å². The summed E-state index contributed by atoms with van der Waals surface area (Å²) >= 11 is 1.65. The fourth-order valence-corrected chi connectivity index (χ4v) is 6.87. The maximum Gasteiger partial charge on any atom is 0.419 e. The molecule has 0 radical (unpaired) electrons. The number of carbonyl (C=O) groups excluding carboxylic acids is 1. The summed E-state index contributed by atoms with van der Waals surface area (Å²) in [5, 5.41) is 3.17. The summed E-state index contributed by atoms with van der Waals surface area (Å²) < 4.78 is 53.2. The van der Waals surface area contributed by atoms with E-state index in [4.69, 9.17) is 4.98 Å². The standard InChI is InChI=1S/C32H34F4N2OS/c1-30(2)14-15-31(3,4)25-18-22(8-10-23(25)30)26-19-40-29(37-26)21-12-16-38(17-13-21)27(39)11-9-20-6-5-7-24(28(20)33)32(34,35)36/h5-11,18-19,21H,12-17H2,1-4H3. The van der Waals surface area contributed by atoms with Crippen molar-refractivity contribution in [2.24, 2.45) is 0 Å². The number of likely N-dealkylation sites (tertiary alicyclic amines) is 1. The molecule has 0 saturated carbocycles. The molecule has 1 saturated heterocycles. The molecule has 8 heteroatoms. The Morgan fingerprint density at radius 3 is 2.38 bits per heavy atom. The van der Waals surface area contributed by atoms with Gasteiger partial charge in [0.25, 0.3) is 0 Å². The molecule has 212 valence electrons. The number of benzene rings is 2. The van der Waals surface area contributed by atoms with E-state index in [2.05, 4.69) is 51.3 Å². The molecule has 1 fully saturated rings. The first-order chi connectivity index (χ1) is 18.8. The van der Waals surface area contributed by atoms with Gasteiger partial charge in [0.05, 0.1) is 16.3 Å². The maximum absolute atomic E-state index is 14.3. The fraction of sp³-hybridized carbons (Fsp3) is 0.438. The van der Waals surface area contributed by atoms with Crippen LogP contribution in [-0.2, 0) is 21.8 Å². The molecule has 0 spiro atoms. The number of fused-ring (bicyclic) bond motifs is 1. The average molecular weight is 571 g/mol. The van der Waals surface area contributed by atoms with Crippen molar-refractivity contribution in [1.29, 1.82) is 0 Å². The predicted molar refractivity (Wildman–Crippen MR) is 152 cm³/mol. The number of alkyl halides is 3. The predicted octanol–water partition coefficient (Wildman–Crippen LogP) is 8.74. The Labute approximate surface area is 236 Å². The first-order valence-corrected chi connectivity index (χ1v) is 14.6. The van der Waals surface area contributed by atoms with E-state index in [0.29, 0.717) is 19.2 Å². The number of hydrogen-bond acceptors (Lipinski definition) is 3. The highest BCUT2D eigenvalue weighted by atomic mass is 32.1. The Kier molecular flexibility index (Phi) is 7.44. The molecule has 0 atom stereocenters. The van der Waals surface area contributed by atoms with Crippen molar-refractivity contribution in [1.82, 2.24) is 9.88 Å². The molecule has 2 heterocycles. The van der Waals surface area contributed by atoms with E-state index >= 15 is 0 Å². The van der Waals surface area contributed by atoms with Gasteiger partial charge >= 0.3 is 6.18 Å². The quantitative estimate of drug-likeness (QED) is 0.232. The molecule has 1 aliphatic heterocycles. The summed E-state index contributed by atoms with van der Waals surface area (Å²) in [6, 6.07) is 9.82. The third-order valence-electron chi connectivity index (χ3n) is 8.57. The van der Waals surface area contributed by atoms with Crippen LogP contribution in [-0.4, -0.2) is 28.9 Å². The van der Waals surface area contributed by atoms with Gasteiger partial charge in [-0.25, -0.2) is 9.37 Å². The van der Waals surface area contributed by atoms with Gasteiger partial charge in [0.15, 0.2) is 0 Å². The van der Waals surface area contributed by atoms with E-state index in [1.807, 2.05) is 0 Å². The van der Waals surface area contributed by atoms with Crippen LogP contribution in [0.3, 0.4) is 0 Å². The first-order valence-electron chi connectivity index (χ1n) is 13.7. The van der Waals surface area contributed by atoms with Gasteiger partial charge in [-0.05, 0) is 65.8 Å². The Morgan fingerprint density at radius 2 is 1.70 bits per heavy atom. The van der Waals surface area contributed by atoms with Crippen molar-refractivity contribution in [3.63, 3.8) is 0 Å². The Balaban J connectivity index is 1.24. The van der Waals surface area contributed by atoms with E-state index in [-0.39, 0.29) is 28.2 Å². The van der Waals surface area contributed by atoms with E-state index in [1.165, 1.54) is 23.6 Å². The van der Waals surface area contributed by atoms with Gasteiger partial charge in [0.1, 0.15) is 5.82 Å². The van der Waals surface area contributed by atoms with Gasteiger partial charge in [0, 0.05) is 41.6 Å². The minimum absolute atomic E-state index is 0.125. The molecule has 0 bridgehead atoms. The lowest BCUT2D eigenvalue weighted by Crippen LogP contribution is -2.36. The van der Waals surface area contributed by atoms with Gasteiger partial charge in [-0.1, -0.05) is 52.0 Å². The van der Waals surface area contributed by atoms with Crippen molar-refractivity contribution in [2.75, 3.05) is 13.1 Å². The molecule has 1 aliphatic carbocycles. The van der Waals surface area contributed by atoms with Gasteiger partial charge in [-0.3, -0.25) is 4.79 Å². The monoisotopic (exact) mass is 570 g/mol. The molecule has 0 N–H and O–H groups in total. The highest BCUT2D eigenvalue weighted by Gasteiger charge is 2.37. The number of amides is 1. The van der Waals surface area contributed by atoms with E-state index in [9.17, 15) is 22.4 Å². The van der Waals surface area contributed by atoms with Crippen molar-refractivity contribution < 1.29 is 22.4 Å². The molecule has 1 amide bonds. The van der Waals surface area contributed by atoms with Crippen LogP contribution in [0.25, 0.3) is 17.3 Å². The van der Waals surface area contributed by atoms with Crippen LogP contribution in [0.4, 0.5) is 17.6 Å². The normalized spacial score (nSPS) is 19.1. The number of hydrogen-bond donors (Lipinski definition) is 0. The Hall–Kier alpha value is -3.00. The van der Waals surface area contributed by atoms with Gasteiger partial charge in [-0.2, -0.15) is 13.2 Å². The molecule has 5 rings (SSSR count). The number of rotatable bonds is 4. The highest BCUT2D eigenvalue weighted by Crippen LogP contribution is 2.47. The average Bonchev–Trinajstić information content (AvgIpc) is 3.40. The zero-order valence-corrected chi connectivity index (χ0v) is 24.1. The molecule has 2 aromatic carbocycles. The van der Waals surface area contributed by atoms with E-state index < -0.39 is 17.6 Å². The zero-order chi connectivity index (χ0) is 28.9. The van der Waals surface area contributed by atoms with E-state index in [0.717, 1.165) is 53.7 Å². The van der Waals surface area contributed by atoms with Crippen molar-refractivity contribution in [2.45, 2.75) is 76.3 Å². The summed E-state index contributed by atoms with van der Waals surface area (Å²) in [6.07, 6.45) is 1.30. The number of piperidine rings is 1. The van der Waals surface area contributed by atoms with Gasteiger partial charge in [0.2, 0.25) is 5.91 Å². The van der Waals surface area contributed by atoms with Crippen LogP contribution >= 0.6 is 11.3 Å². The second-order valence-corrected chi connectivity index (χ2v) is 13.1. The van der Waals surface area contributed by atoms with Gasteiger partial charge in [-0.15, -0.1) is 11.3 Å². The van der Waals surface area contributed by atoms with Crippen LogP contribution in [0.5, 0.6) is 0 Å². The lowest BCUT2D eigenvalue weighted by molar-refractivity contribution is -0.140. The van der Waals surface area contributed by atoms with Gasteiger partial charge < -0.3 is 4.90 Å². The second-order valence-electron chi connectivity index (χ2n) is 12.2. The number of carbonyl (C=O) groups is 1. The molecule has 1 aromatic heterocycles.